The van der Waals surface area contributed by atoms with E-state index in [4.69, 9.17) is 13.9 Å². The van der Waals surface area contributed by atoms with Crippen LogP contribution in [0.5, 0.6) is 11.5 Å². The summed E-state index contributed by atoms with van der Waals surface area (Å²) in [5.74, 6) is 1.57. The quantitative estimate of drug-likeness (QED) is 0.360. The molecule has 0 aliphatic carbocycles. The zero-order valence-corrected chi connectivity index (χ0v) is 22.3. The van der Waals surface area contributed by atoms with Crippen molar-refractivity contribution in [2.75, 3.05) is 34.3 Å². The van der Waals surface area contributed by atoms with Crippen LogP contribution in [0.15, 0.2) is 59.1 Å². The number of nitriles is 1. The maximum absolute atomic E-state index is 12.4. The van der Waals surface area contributed by atoms with Crippen molar-refractivity contribution in [2.24, 2.45) is 0 Å². The number of hydrogen-bond acceptors (Lipinski definition) is 7. The lowest BCUT2D eigenvalue weighted by Crippen LogP contribution is -2.37. The Hall–Kier alpha value is -4.06. The van der Waals surface area contributed by atoms with Crippen molar-refractivity contribution < 1.29 is 18.7 Å². The second-order valence-electron chi connectivity index (χ2n) is 9.21. The van der Waals surface area contributed by atoms with E-state index in [-0.39, 0.29) is 24.4 Å². The smallest absolute Gasteiger partial charge is 0.253 e. The highest BCUT2D eigenvalue weighted by atomic mass is 35.5. The van der Waals surface area contributed by atoms with E-state index < -0.39 is 0 Å². The molecule has 38 heavy (non-hydrogen) atoms. The summed E-state index contributed by atoms with van der Waals surface area (Å²) in [6.45, 7) is 1.78. The number of carbonyl (C=O) groups is 1. The van der Waals surface area contributed by atoms with Crippen LogP contribution < -0.4 is 14.8 Å². The molecule has 9 heteroatoms. The molecule has 196 valence electrons. The first-order valence-corrected chi connectivity index (χ1v) is 12.2. The number of rotatable bonds is 6. The molecule has 5 rings (SSSR count). The number of piperidine rings is 1. The summed E-state index contributed by atoms with van der Waals surface area (Å²) in [5, 5.41) is 13.1. The number of furan rings is 1. The van der Waals surface area contributed by atoms with Gasteiger partial charge in [0.1, 0.15) is 34.9 Å². The third-order valence-electron chi connectivity index (χ3n) is 6.49. The van der Waals surface area contributed by atoms with Gasteiger partial charge in [-0.15, -0.1) is 12.4 Å². The van der Waals surface area contributed by atoms with Crippen molar-refractivity contribution in [3.8, 4) is 40.0 Å². The Balaban J connectivity index is 0.00000336. The molecule has 1 aliphatic heterocycles. The fraction of sp³-hybridized carbons (Fsp3) is 0.276. The maximum Gasteiger partial charge on any atom is 0.253 e. The summed E-state index contributed by atoms with van der Waals surface area (Å²) >= 11 is 0. The first-order chi connectivity index (χ1) is 18.0. The van der Waals surface area contributed by atoms with Crippen LogP contribution in [-0.4, -0.2) is 56.2 Å². The SMILES string of the molecule is COc1cc(C(=O)N(C)C)ccc1-c1cc2nccc(-c3ccc(OC4CCCNC4)c(C#N)c3)c2o1.Cl. The number of nitrogens with one attached hydrogen (secondary N) is 1. The molecule has 0 saturated carbocycles. The molecule has 1 fully saturated rings. The standard InChI is InChI=1S/C29H28N4O4.ClH/c1-33(2)29(34)19-6-8-23(26(14-19)35-3)27-15-24-28(37-27)22(10-12-32-24)18-7-9-25(20(13-18)16-30)36-21-5-4-11-31-17-21;/h6-10,12-15,21,31H,4-5,11,17H2,1-3H3;1H. The van der Waals surface area contributed by atoms with E-state index in [9.17, 15) is 10.1 Å². The van der Waals surface area contributed by atoms with Crippen molar-refractivity contribution in [1.82, 2.24) is 15.2 Å². The molecule has 1 unspecified atom stereocenters. The van der Waals surface area contributed by atoms with E-state index in [2.05, 4.69) is 16.4 Å². The molecule has 4 aromatic rings. The van der Waals surface area contributed by atoms with Crippen LogP contribution in [0.3, 0.4) is 0 Å². The molecule has 0 radical (unpaired) electrons. The number of pyridine rings is 1. The highest BCUT2D eigenvalue weighted by molar-refractivity contribution is 5.96. The number of amides is 1. The predicted octanol–water partition coefficient (Wildman–Crippen LogP) is 5.30. The molecule has 2 aromatic carbocycles. The lowest BCUT2D eigenvalue weighted by molar-refractivity contribution is 0.0827. The van der Waals surface area contributed by atoms with Crippen LogP contribution >= 0.6 is 12.4 Å². The highest BCUT2D eigenvalue weighted by Gasteiger charge is 2.20. The summed E-state index contributed by atoms with van der Waals surface area (Å²) in [7, 11) is 4.98. The monoisotopic (exact) mass is 532 g/mol. The Morgan fingerprint density at radius 3 is 2.68 bits per heavy atom. The summed E-state index contributed by atoms with van der Waals surface area (Å²) in [6.07, 6.45) is 3.80. The van der Waals surface area contributed by atoms with E-state index in [0.29, 0.717) is 45.0 Å². The number of methoxy groups -OCH3 is 1. The molecular formula is C29H29ClN4O4. The summed E-state index contributed by atoms with van der Waals surface area (Å²) in [6, 6.07) is 16.9. The van der Waals surface area contributed by atoms with Gasteiger partial charge in [-0.25, -0.2) is 0 Å². The van der Waals surface area contributed by atoms with Gasteiger partial charge in [-0.3, -0.25) is 9.78 Å². The molecule has 1 amide bonds. The second kappa shape index (κ2) is 11.5. The van der Waals surface area contributed by atoms with E-state index >= 15 is 0 Å². The summed E-state index contributed by atoms with van der Waals surface area (Å²) < 4.78 is 18.0. The Bertz CT molecular complexity index is 1500. The zero-order valence-electron chi connectivity index (χ0n) is 21.5. The number of aromatic nitrogens is 1. The molecule has 2 aromatic heterocycles. The average molecular weight is 533 g/mol. The summed E-state index contributed by atoms with van der Waals surface area (Å²) in [4.78, 5) is 18.4. The van der Waals surface area contributed by atoms with Crippen molar-refractivity contribution >= 4 is 29.4 Å². The normalized spacial score (nSPS) is 14.8. The molecule has 1 atom stereocenters. The third kappa shape index (κ3) is 5.30. The van der Waals surface area contributed by atoms with Gasteiger partial charge >= 0.3 is 0 Å². The van der Waals surface area contributed by atoms with Gasteiger partial charge in [0.05, 0.1) is 18.2 Å². The number of halogens is 1. The number of carbonyl (C=O) groups excluding carboxylic acids is 1. The van der Waals surface area contributed by atoms with Gasteiger partial charge in [0.15, 0.2) is 5.58 Å². The fourth-order valence-electron chi connectivity index (χ4n) is 4.57. The average Bonchev–Trinajstić information content (AvgIpc) is 3.37. The van der Waals surface area contributed by atoms with E-state index in [1.165, 1.54) is 4.90 Å². The number of ether oxygens (including phenoxy) is 2. The lowest BCUT2D eigenvalue weighted by Gasteiger charge is -2.24. The van der Waals surface area contributed by atoms with Gasteiger partial charge in [-0.1, -0.05) is 6.07 Å². The van der Waals surface area contributed by atoms with Crippen LogP contribution in [0, 0.1) is 11.3 Å². The molecule has 3 heterocycles. The largest absolute Gasteiger partial charge is 0.496 e. The summed E-state index contributed by atoms with van der Waals surface area (Å²) in [5.41, 5.74) is 4.63. The first-order valence-electron chi connectivity index (χ1n) is 12.2. The van der Waals surface area contributed by atoms with E-state index in [1.807, 2.05) is 36.4 Å². The Labute approximate surface area is 227 Å². The van der Waals surface area contributed by atoms with Gasteiger partial charge in [0.25, 0.3) is 5.91 Å². The van der Waals surface area contributed by atoms with Gasteiger partial charge in [0.2, 0.25) is 0 Å². The van der Waals surface area contributed by atoms with Crippen LogP contribution in [0.25, 0.3) is 33.6 Å². The van der Waals surface area contributed by atoms with Gasteiger partial charge < -0.3 is 24.1 Å². The molecule has 8 nitrogen and oxygen atoms in total. The minimum absolute atomic E-state index is 0. The minimum Gasteiger partial charge on any atom is -0.496 e. The number of hydrogen-bond donors (Lipinski definition) is 1. The molecule has 0 spiro atoms. The van der Waals surface area contributed by atoms with E-state index in [1.54, 1.807) is 39.5 Å². The van der Waals surface area contributed by atoms with Crippen molar-refractivity contribution in [3.05, 3.63) is 65.9 Å². The highest BCUT2D eigenvalue weighted by Crippen LogP contribution is 2.38. The van der Waals surface area contributed by atoms with Crippen LogP contribution in [0.1, 0.15) is 28.8 Å². The Morgan fingerprint density at radius 2 is 1.97 bits per heavy atom. The third-order valence-corrected chi connectivity index (χ3v) is 6.49. The zero-order chi connectivity index (χ0) is 25.9. The van der Waals surface area contributed by atoms with Gasteiger partial charge in [0, 0.05) is 44.0 Å². The second-order valence-corrected chi connectivity index (χ2v) is 9.21. The Kier molecular flexibility index (Phi) is 8.20. The predicted molar refractivity (Wildman–Crippen MR) is 148 cm³/mol. The van der Waals surface area contributed by atoms with E-state index in [0.717, 1.165) is 37.1 Å². The molecule has 1 saturated heterocycles. The van der Waals surface area contributed by atoms with Crippen LogP contribution in [0.4, 0.5) is 0 Å². The molecule has 1 aliphatic rings. The topological polar surface area (TPSA) is 101 Å². The van der Waals surface area contributed by atoms with Gasteiger partial charge in [-0.2, -0.15) is 5.26 Å². The first kappa shape index (κ1) is 27.0. The number of benzene rings is 2. The molecular weight excluding hydrogens is 504 g/mol. The fourth-order valence-corrected chi connectivity index (χ4v) is 4.57. The molecule has 1 N–H and O–H groups in total. The lowest BCUT2D eigenvalue weighted by atomic mass is 10.0. The Morgan fingerprint density at radius 1 is 1.13 bits per heavy atom. The number of nitrogens with zero attached hydrogens (tertiary/aromatic N) is 3. The van der Waals surface area contributed by atoms with Crippen LogP contribution in [-0.2, 0) is 0 Å². The minimum atomic E-state index is -0.112. The molecule has 0 bridgehead atoms. The van der Waals surface area contributed by atoms with Crippen molar-refractivity contribution in [2.45, 2.75) is 18.9 Å². The van der Waals surface area contributed by atoms with Crippen molar-refractivity contribution in [3.63, 3.8) is 0 Å². The number of fused-ring (bicyclic) bond motifs is 1. The maximum atomic E-state index is 12.4. The van der Waals surface area contributed by atoms with Crippen molar-refractivity contribution in [1.29, 1.82) is 5.26 Å². The van der Waals surface area contributed by atoms with Crippen LogP contribution in [0.2, 0.25) is 0 Å². The van der Waals surface area contributed by atoms with Gasteiger partial charge in [-0.05, 0) is 61.3 Å².